The molecule has 1 aromatic carbocycles. The summed E-state index contributed by atoms with van der Waals surface area (Å²) < 4.78 is 49.1. The highest BCUT2D eigenvalue weighted by molar-refractivity contribution is 7.97. The molecule has 0 aliphatic heterocycles. The van der Waals surface area contributed by atoms with Crippen LogP contribution < -0.4 is 14.8 Å². The summed E-state index contributed by atoms with van der Waals surface area (Å²) in [7, 11) is 1.53. The molecule has 0 radical (unpaired) electrons. The van der Waals surface area contributed by atoms with E-state index in [1.165, 1.54) is 31.3 Å². The molecule has 0 spiro atoms. The Bertz CT molecular complexity index is 935. The van der Waals surface area contributed by atoms with E-state index in [9.17, 15) is 23.5 Å². The lowest BCUT2D eigenvalue weighted by Gasteiger charge is -2.17. The summed E-state index contributed by atoms with van der Waals surface area (Å²) in [6.07, 6.45) is 0.575. The van der Waals surface area contributed by atoms with Crippen molar-refractivity contribution in [2.45, 2.75) is 36.9 Å². The summed E-state index contributed by atoms with van der Waals surface area (Å²) in [5.74, 6) is 0.601. The second-order valence-corrected chi connectivity index (χ2v) is 8.20. The summed E-state index contributed by atoms with van der Waals surface area (Å²) >= 11 is 1.24. The third kappa shape index (κ3) is 7.74. The molecule has 1 aromatic rings. The quantitative estimate of drug-likeness (QED) is 0.391. The van der Waals surface area contributed by atoms with Gasteiger partial charge in [-0.05, 0) is 74.2 Å². The predicted molar refractivity (Wildman–Crippen MR) is 115 cm³/mol. The van der Waals surface area contributed by atoms with Gasteiger partial charge in [-0.15, -0.1) is 0 Å². The van der Waals surface area contributed by atoms with Gasteiger partial charge in [0.25, 0.3) is 0 Å². The first-order valence-electron chi connectivity index (χ1n) is 9.38. The molecule has 0 saturated heterocycles. The average Bonchev–Trinajstić information content (AvgIpc) is 2.92. The highest BCUT2D eigenvalue weighted by Crippen LogP contribution is 2.35. The first-order valence-corrected chi connectivity index (χ1v) is 10.2. The number of hydrogen-bond acceptors (Lipinski definition) is 6. The fourth-order valence-corrected chi connectivity index (χ4v) is 3.23. The average molecular weight is 452 g/mol. The van der Waals surface area contributed by atoms with E-state index >= 15 is 0 Å². The Labute approximate surface area is 184 Å². The van der Waals surface area contributed by atoms with Crippen LogP contribution in [0, 0.1) is 11.3 Å². The van der Waals surface area contributed by atoms with Gasteiger partial charge in [0.15, 0.2) is 0 Å². The van der Waals surface area contributed by atoms with Crippen LogP contribution in [0.25, 0.3) is 0 Å². The highest BCUT2D eigenvalue weighted by atomic mass is 32.2. The number of rotatable bonds is 8. The normalized spacial score (nSPS) is 15.2. The molecule has 1 aliphatic rings. The molecule has 0 fully saturated rings. The molecule has 0 aromatic heterocycles. The van der Waals surface area contributed by atoms with Gasteiger partial charge < -0.3 is 19.9 Å². The number of ether oxygens (including phenoxy) is 1. The second-order valence-electron chi connectivity index (χ2n) is 7.32. The van der Waals surface area contributed by atoms with E-state index in [0.29, 0.717) is 11.4 Å². The van der Waals surface area contributed by atoms with E-state index in [1.807, 2.05) is 6.07 Å². The minimum atomic E-state index is -4.58. The number of alkyl halides is 3. The van der Waals surface area contributed by atoms with Crippen LogP contribution in [-0.2, 0) is 0 Å². The molecular weight excluding hydrogens is 427 g/mol. The molecular formula is C22H24F3N3O2S. The molecule has 3 N–H and O–H groups in total. The Morgan fingerprint density at radius 2 is 1.94 bits per heavy atom. The number of aliphatic hydroxyl groups is 1. The van der Waals surface area contributed by atoms with Gasteiger partial charge in [0, 0.05) is 23.8 Å². The van der Waals surface area contributed by atoms with E-state index in [-0.39, 0.29) is 24.2 Å². The van der Waals surface area contributed by atoms with Crippen LogP contribution >= 0.6 is 11.9 Å². The van der Waals surface area contributed by atoms with Gasteiger partial charge in [0.1, 0.15) is 18.4 Å². The Hall–Kier alpha value is -2.83. The number of allylic oxidation sites excluding steroid dienone is 6. The van der Waals surface area contributed by atoms with Gasteiger partial charge in [0.05, 0.1) is 16.7 Å². The van der Waals surface area contributed by atoms with Gasteiger partial charge in [0.2, 0.25) is 0 Å². The van der Waals surface area contributed by atoms with Crippen LogP contribution in [0.2, 0.25) is 0 Å². The Kier molecular flexibility index (Phi) is 8.25. The van der Waals surface area contributed by atoms with Crippen molar-refractivity contribution in [2.24, 2.45) is 0 Å². The van der Waals surface area contributed by atoms with Crippen molar-refractivity contribution in [1.29, 1.82) is 5.26 Å². The summed E-state index contributed by atoms with van der Waals surface area (Å²) in [4.78, 5) is 0.825. The SMILES string of the molecule is CN/C=C(/C#N)C1=C(C(F)(F)F)C=CC(NSc2ccc(OCC(C)(C)O)cc2)=CC1. The minimum Gasteiger partial charge on any atom is -0.491 e. The first kappa shape index (κ1) is 24.4. The third-order valence-corrected chi connectivity index (χ3v) is 4.87. The summed E-state index contributed by atoms with van der Waals surface area (Å²) in [6.45, 7) is 3.44. The van der Waals surface area contributed by atoms with Gasteiger partial charge in [-0.1, -0.05) is 6.08 Å². The van der Waals surface area contributed by atoms with Crippen molar-refractivity contribution in [3.8, 4) is 11.8 Å². The molecule has 0 bridgehead atoms. The Morgan fingerprint density at radius 3 is 2.48 bits per heavy atom. The van der Waals surface area contributed by atoms with Crippen molar-refractivity contribution < 1.29 is 23.0 Å². The minimum absolute atomic E-state index is 0.0461. The molecule has 0 amide bonds. The van der Waals surface area contributed by atoms with E-state index in [4.69, 9.17) is 4.74 Å². The molecule has 0 unspecified atom stereocenters. The fraction of sp³-hybridized carbons (Fsp3) is 0.318. The van der Waals surface area contributed by atoms with Crippen LogP contribution in [-0.4, -0.2) is 30.5 Å². The predicted octanol–water partition coefficient (Wildman–Crippen LogP) is 4.76. The van der Waals surface area contributed by atoms with E-state index in [1.54, 1.807) is 44.2 Å². The third-order valence-electron chi connectivity index (χ3n) is 4.02. The topological polar surface area (TPSA) is 77.3 Å². The lowest BCUT2D eigenvalue weighted by molar-refractivity contribution is -0.0888. The Morgan fingerprint density at radius 1 is 1.26 bits per heavy atom. The van der Waals surface area contributed by atoms with E-state index in [2.05, 4.69) is 10.0 Å². The lowest BCUT2D eigenvalue weighted by Crippen LogP contribution is -2.27. The zero-order chi connectivity index (χ0) is 23.1. The summed E-state index contributed by atoms with van der Waals surface area (Å²) in [6, 6.07) is 8.91. The number of nitriles is 1. The van der Waals surface area contributed by atoms with E-state index < -0.39 is 17.4 Å². The molecule has 9 heteroatoms. The summed E-state index contributed by atoms with van der Waals surface area (Å²) in [5.41, 5.74) is -1.45. The van der Waals surface area contributed by atoms with Gasteiger partial charge in [-0.2, -0.15) is 18.4 Å². The zero-order valence-electron chi connectivity index (χ0n) is 17.4. The van der Waals surface area contributed by atoms with Crippen LogP contribution in [0.1, 0.15) is 20.3 Å². The maximum Gasteiger partial charge on any atom is 0.416 e. The van der Waals surface area contributed by atoms with Gasteiger partial charge >= 0.3 is 6.18 Å². The van der Waals surface area contributed by atoms with Crippen LogP contribution in [0.15, 0.2) is 76.0 Å². The van der Waals surface area contributed by atoms with Crippen LogP contribution in [0.3, 0.4) is 0 Å². The maximum atomic E-state index is 13.5. The van der Waals surface area contributed by atoms with Crippen LogP contribution in [0.4, 0.5) is 13.2 Å². The fourth-order valence-electron chi connectivity index (χ4n) is 2.57. The molecule has 0 atom stereocenters. The largest absolute Gasteiger partial charge is 0.491 e. The van der Waals surface area contributed by atoms with Crippen molar-refractivity contribution in [3.05, 3.63) is 71.1 Å². The molecule has 1 aliphatic carbocycles. The number of nitrogens with zero attached hydrogens (tertiary/aromatic N) is 1. The number of hydrogen-bond donors (Lipinski definition) is 3. The van der Waals surface area contributed by atoms with Crippen molar-refractivity contribution in [3.63, 3.8) is 0 Å². The lowest BCUT2D eigenvalue weighted by atomic mass is 9.98. The molecule has 0 saturated carbocycles. The summed E-state index contributed by atoms with van der Waals surface area (Å²) in [5, 5.41) is 21.6. The van der Waals surface area contributed by atoms with Gasteiger partial charge in [-0.25, -0.2) is 0 Å². The zero-order valence-corrected chi connectivity index (χ0v) is 18.2. The number of nitrogens with one attached hydrogen (secondary N) is 2. The van der Waals surface area contributed by atoms with Gasteiger partial charge in [-0.3, -0.25) is 0 Å². The highest BCUT2D eigenvalue weighted by Gasteiger charge is 2.35. The smallest absolute Gasteiger partial charge is 0.416 e. The standard InChI is InChI=1S/C22H24F3N3O2S/c1-21(2,29)14-30-17-6-8-18(9-7-17)31-28-16-4-10-19(15(12-26)13-27-3)20(11-5-16)22(23,24)25/h4-9,11,13,27-29H,10,14H2,1-3H3/b15-13-. The van der Waals surface area contributed by atoms with Crippen LogP contribution in [0.5, 0.6) is 5.75 Å². The number of halogens is 3. The second kappa shape index (κ2) is 10.5. The first-order chi connectivity index (χ1) is 14.5. The van der Waals surface area contributed by atoms with E-state index in [0.717, 1.165) is 11.0 Å². The molecule has 5 nitrogen and oxygen atoms in total. The molecule has 31 heavy (non-hydrogen) atoms. The van der Waals surface area contributed by atoms with Crippen molar-refractivity contribution >= 4 is 11.9 Å². The molecule has 2 rings (SSSR count). The molecule has 166 valence electrons. The number of benzene rings is 1. The molecule has 0 heterocycles. The van der Waals surface area contributed by atoms with Crippen molar-refractivity contribution in [2.75, 3.05) is 13.7 Å². The monoisotopic (exact) mass is 451 g/mol. The maximum absolute atomic E-state index is 13.5. The Balaban J connectivity index is 2.09. The van der Waals surface area contributed by atoms with Crippen molar-refractivity contribution in [1.82, 2.24) is 10.0 Å².